The third kappa shape index (κ3) is 3.50. The van der Waals surface area contributed by atoms with Crippen LogP contribution in [0.1, 0.15) is 37.8 Å². The lowest BCUT2D eigenvalue weighted by Crippen LogP contribution is -2.43. The molecule has 2 N–H and O–H groups in total. The molecule has 104 valence electrons. The van der Waals surface area contributed by atoms with Crippen LogP contribution in [-0.4, -0.2) is 18.5 Å². The van der Waals surface area contributed by atoms with Crippen LogP contribution in [0, 0.1) is 11.6 Å². The molecule has 2 unspecified atom stereocenters. The zero-order chi connectivity index (χ0) is 13.8. The molecule has 3 nitrogen and oxygen atoms in total. The van der Waals surface area contributed by atoms with Gasteiger partial charge in [0.2, 0.25) is 5.91 Å². The molecule has 0 aliphatic carbocycles. The molecular weight excluding hydrogens is 250 g/mol. The summed E-state index contributed by atoms with van der Waals surface area (Å²) < 4.78 is 26.5. The van der Waals surface area contributed by atoms with Crippen molar-refractivity contribution in [2.24, 2.45) is 0 Å². The SMILES string of the molecule is CC(NC1CCCCNC1=O)c1ccc(F)cc1F. The lowest BCUT2D eigenvalue weighted by Gasteiger charge is -2.21. The average Bonchev–Trinajstić information content (AvgIpc) is 2.55. The Bertz CT molecular complexity index is 465. The highest BCUT2D eigenvalue weighted by atomic mass is 19.1. The number of hydrogen-bond acceptors (Lipinski definition) is 2. The van der Waals surface area contributed by atoms with Gasteiger partial charge in [-0.15, -0.1) is 0 Å². The van der Waals surface area contributed by atoms with E-state index in [0.717, 1.165) is 25.3 Å². The predicted octanol–water partition coefficient (Wildman–Crippen LogP) is 2.28. The minimum absolute atomic E-state index is 0.0492. The molecule has 0 spiro atoms. The van der Waals surface area contributed by atoms with Gasteiger partial charge in [0.1, 0.15) is 11.6 Å². The summed E-state index contributed by atoms with van der Waals surface area (Å²) in [6, 6.07) is 2.85. The van der Waals surface area contributed by atoms with Crippen LogP contribution in [0.5, 0.6) is 0 Å². The number of benzene rings is 1. The summed E-state index contributed by atoms with van der Waals surface area (Å²) in [5.74, 6) is -1.23. The molecule has 5 heteroatoms. The summed E-state index contributed by atoms with van der Waals surface area (Å²) >= 11 is 0. The first-order valence-electron chi connectivity index (χ1n) is 6.56. The Morgan fingerprint density at radius 2 is 2.16 bits per heavy atom. The quantitative estimate of drug-likeness (QED) is 0.883. The van der Waals surface area contributed by atoms with E-state index in [4.69, 9.17) is 0 Å². The molecule has 1 heterocycles. The van der Waals surface area contributed by atoms with Gasteiger partial charge in [-0.25, -0.2) is 8.78 Å². The average molecular weight is 268 g/mol. The first-order chi connectivity index (χ1) is 9.08. The Hall–Kier alpha value is -1.49. The van der Waals surface area contributed by atoms with Crippen LogP contribution in [0.15, 0.2) is 18.2 Å². The van der Waals surface area contributed by atoms with E-state index in [1.54, 1.807) is 6.92 Å². The van der Waals surface area contributed by atoms with Crippen molar-refractivity contribution in [3.8, 4) is 0 Å². The van der Waals surface area contributed by atoms with Gasteiger partial charge in [-0.2, -0.15) is 0 Å². The van der Waals surface area contributed by atoms with Crippen LogP contribution in [0.4, 0.5) is 8.78 Å². The summed E-state index contributed by atoms with van der Waals surface area (Å²) in [5, 5.41) is 5.93. The van der Waals surface area contributed by atoms with Crippen molar-refractivity contribution in [1.82, 2.24) is 10.6 Å². The lowest BCUT2D eigenvalue weighted by atomic mass is 10.0. The van der Waals surface area contributed by atoms with Crippen molar-refractivity contribution in [2.45, 2.75) is 38.3 Å². The monoisotopic (exact) mass is 268 g/mol. The first kappa shape index (κ1) is 13.9. The van der Waals surface area contributed by atoms with Gasteiger partial charge < -0.3 is 5.32 Å². The van der Waals surface area contributed by atoms with Crippen molar-refractivity contribution in [3.63, 3.8) is 0 Å². The van der Waals surface area contributed by atoms with Crippen molar-refractivity contribution in [3.05, 3.63) is 35.4 Å². The molecule has 1 aromatic rings. The molecule has 0 bridgehead atoms. The second kappa shape index (κ2) is 6.10. The Morgan fingerprint density at radius 1 is 1.37 bits per heavy atom. The van der Waals surface area contributed by atoms with Crippen LogP contribution in [0.3, 0.4) is 0 Å². The number of hydrogen-bond donors (Lipinski definition) is 2. The maximum atomic E-state index is 13.7. The molecule has 0 saturated carbocycles. The largest absolute Gasteiger partial charge is 0.355 e. The third-order valence-corrected chi connectivity index (χ3v) is 3.42. The fourth-order valence-corrected chi connectivity index (χ4v) is 2.34. The fraction of sp³-hybridized carbons (Fsp3) is 0.500. The standard InChI is InChI=1S/C14H18F2N2O/c1-9(11-6-5-10(15)8-12(11)16)18-13-4-2-3-7-17-14(13)19/h5-6,8-9,13,18H,2-4,7H2,1H3,(H,17,19). The van der Waals surface area contributed by atoms with E-state index in [1.807, 2.05) is 0 Å². The highest BCUT2D eigenvalue weighted by Crippen LogP contribution is 2.19. The molecule has 1 aromatic carbocycles. The van der Waals surface area contributed by atoms with E-state index in [0.29, 0.717) is 12.1 Å². The van der Waals surface area contributed by atoms with Gasteiger partial charge >= 0.3 is 0 Å². The van der Waals surface area contributed by atoms with Gasteiger partial charge in [0.15, 0.2) is 0 Å². The Labute approximate surface area is 111 Å². The Morgan fingerprint density at radius 3 is 2.89 bits per heavy atom. The number of carbonyl (C=O) groups excluding carboxylic acids is 1. The van der Waals surface area contributed by atoms with E-state index < -0.39 is 11.6 Å². The molecular formula is C14H18F2N2O. The molecule has 19 heavy (non-hydrogen) atoms. The summed E-state index contributed by atoms with van der Waals surface area (Å²) in [4.78, 5) is 11.8. The van der Waals surface area contributed by atoms with E-state index >= 15 is 0 Å². The Kier molecular flexibility index (Phi) is 4.47. The third-order valence-electron chi connectivity index (χ3n) is 3.42. The molecule has 1 fully saturated rings. The number of carbonyl (C=O) groups is 1. The van der Waals surface area contributed by atoms with Crippen LogP contribution >= 0.6 is 0 Å². The molecule has 1 amide bonds. The van der Waals surface area contributed by atoms with Gasteiger partial charge in [0, 0.05) is 24.2 Å². The molecule has 2 atom stereocenters. The van der Waals surface area contributed by atoms with Crippen molar-refractivity contribution in [2.75, 3.05) is 6.54 Å². The highest BCUT2D eigenvalue weighted by molar-refractivity contribution is 5.81. The topological polar surface area (TPSA) is 41.1 Å². The summed E-state index contributed by atoms with van der Waals surface area (Å²) in [6.45, 7) is 2.46. The lowest BCUT2D eigenvalue weighted by molar-refractivity contribution is -0.123. The van der Waals surface area contributed by atoms with Crippen molar-refractivity contribution >= 4 is 5.91 Å². The van der Waals surface area contributed by atoms with E-state index in [-0.39, 0.29) is 18.0 Å². The van der Waals surface area contributed by atoms with Crippen molar-refractivity contribution in [1.29, 1.82) is 0 Å². The first-order valence-corrected chi connectivity index (χ1v) is 6.56. The highest BCUT2D eigenvalue weighted by Gasteiger charge is 2.23. The zero-order valence-corrected chi connectivity index (χ0v) is 10.9. The van der Waals surface area contributed by atoms with Gasteiger partial charge in [-0.05, 0) is 32.3 Å². The predicted molar refractivity (Wildman–Crippen MR) is 68.6 cm³/mol. The van der Waals surface area contributed by atoms with Crippen LogP contribution in [0.2, 0.25) is 0 Å². The minimum atomic E-state index is -0.597. The summed E-state index contributed by atoms with van der Waals surface area (Å²) in [5.41, 5.74) is 0.374. The minimum Gasteiger partial charge on any atom is -0.355 e. The van der Waals surface area contributed by atoms with Gasteiger partial charge in [-0.3, -0.25) is 10.1 Å². The molecule has 1 saturated heterocycles. The molecule has 2 rings (SSSR count). The molecule has 1 aliphatic heterocycles. The number of nitrogens with one attached hydrogen (secondary N) is 2. The van der Waals surface area contributed by atoms with E-state index in [9.17, 15) is 13.6 Å². The summed E-state index contributed by atoms with van der Waals surface area (Å²) in [6.07, 6.45) is 2.65. The van der Waals surface area contributed by atoms with Crippen molar-refractivity contribution < 1.29 is 13.6 Å². The smallest absolute Gasteiger partial charge is 0.237 e. The molecule has 0 aromatic heterocycles. The van der Waals surface area contributed by atoms with Crippen LogP contribution < -0.4 is 10.6 Å². The van der Waals surface area contributed by atoms with E-state index in [2.05, 4.69) is 10.6 Å². The van der Waals surface area contributed by atoms with Crippen LogP contribution in [0.25, 0.3) is 0 Å². The molecule has 0 radical (unpaired) electrons. The number of halogens is 2. The Balaban J connectivity index is 2.07. The summed E-state index contributed by atoms with van der Waals surface area (Å²) in [7, 11) is 0. The maximum Gasteiger partial charge on any atom is 0.237 e. The van der Waals surface area contributed by atoms with E-state index in [1.165, 1.54) is 12.1 Å². The number of rotatable bonds is 3. The van der Waals surface area contributed by atoms with Crippen LogP contribution in [-0.2, 0) is 4.79 Å². The maximum absolute atomic E-state index is 13.7. The van der Waals surface area contributed by atoms with Gasteiger partial charge in [0.25, 0.3) is 0 Å². The normalized spacial score (nSPS) is 21.6. The van der Waals surface area contributed by atoms with Gasteiger partial charge in [-0.1, -0.05) is 6.07 Å². The molecule has 1 aliphatic rings. The second-order valence-electron chi connectivity index (χ2n) is 4.89. The second-order valence-corrected chi connectivity index (χ2v) is 4.89. The number of amides is 1. The van der Waals surface area contributed by atoms with Gasteiger partial charge in [0.05, 0.1) is 6.04 Å². The fourth-order valence-electron chi connectivity index (χ4n) is 2.34. The zero-order valence-electron chi connectivity index (χ0n) is 10.9.